The minimum Gasteiger partial charge on any atom is -0.485 e. The highest BCUT2D eigenvalue weighted by Crippen LogP contribution is 2.33. The highest BCUT2D eigenvalue weighted by molar-refractivity contribution is 7.13. The molecule has 3 heterocycles. The third-order valence-corrected chi connectivity index (χ3v) is 5.30. The van der Waals surface area contributed by atoms with Gasteiger partial charge in [-0.3, -0.25) is 4.90 Å². The predicted octanol–water partition coefficient (Wildman–Crippen LogP) is 3.52. The van der Waals surface area contributed by atoms with Crippen LogP contribution < -0.4 is 9.64 Å². The van der Waals surface area contributed by atoms with Gasteiger partial charge in [0.25, 0.3) is 0 Å². The molecular weight excluding hydrogens is 348 g/mol. The molecule has 6 nitrogen and oxygen atoms in total. The lowest BCUT2D eigenvalue weighted by molar-refractivity contribution is 0.133. The van der Waals surface area contributed by atoms with E-state index in [0.717, 1.165) is 30.3 Å². The Morgan fingerprint density at radius 3 is 2.96 bits per heavy atom. The van der Waals surface area contributed by atoms with Gasteiger partial charge in [0.05, 0.1) is 23.7 Å². The van der Waals surface area contributed by atoms with Crippen LogP contribution in [0.2, 0.25) is 0 Å². The van der Waals surface area contributed by atoms with E-state index in [4.69, 9.17) is 9.26 Å². The van der Waals surface area contributed by atoms with E-state index in [2.05, 4.69) is 46.0 Å². The Bertz CT molecular complexity index is 849. The van der Waals surface area contributed by atoms with Crippen molar-refractivity contribution in [3.63, 3.8) is 0 Å². The predicted molar refractivity (Wildman–Crippen MR) is 103 cm³/mol. The molecule has 0 saturated heterocycles. The Balaban J connectivity index is 1.39. The van der Waals surface area contributed by atoms with Crippen LogP contribution in [0.1, 0.15) is 12.8 Å². The second-order valence-electron chi connectivity index (χ2n) is 6.43. The molecule has 1 aliphatic rings. The van der Waals surface area contributed by atoms with Gasteiger partial charge in [-0.2, -0.15) is 4.98 Å². The highest BCUT2D eigenvalue weighted by Gasteiger charge is 2.26. The number of hydrogen-bond donors (Lipinski definition) is 0. The van der Waals surface area contributed by atoms with Crippen molar-refractivity contribution in [2.45, 2.75) is 19.6 Å². The van der Waals surface area contributed by atoms with Gasteiger partial charge in [-0.1, -0.05) is 23.4 Å². The Kier molecular flexibility index (Phi) is 4.90. The van der Waals surface area contributed by atoms with E-state index in [9.17, 15) is 0 Å². The minimum absolute atomic E-state index is 0.106. The van der Waals surface area contributed by atoms with Crippen molar-refractivity contribution in [1.82, 2.24) is 15.0 Å². The molecular formula is C19H22N4O2S. The summed E-state index contributed by atoms with van der Waals surface area (Å²) in [6, 6.07) is 12.2. The van der Waals surface area contributed by atoms with Crippen molar-refractivity contribution in [2.24, 2.45) is 0 Å². The van der Waals surface area contributed by atoms with E-state index in [0.29, 0.717) is 18.3 Å². The third-order valence-electron chi connectivity index (χ3n) is 4.44. The van der Waals surface area contributed by atoms with Gasteiger partial charge >= 0.3 is 0 Å². The van der Waals surface area contributed by atoms with Crippen LogP contribution in [0.15, 0.2) is 46.3 Å². The number of rotatable bonds is 6. The van der Waals surface area contributed by atoms with Crippen LogP contribution in [0.5, 0.6) is 5.75 Å². The lowest BCUT2D eigenvalue weighted by Gasteiger charge is -2.37. The number of aromatic nitrogens is 2. The van der Waals surface area contributed by atoms with Gasteiger partial charge in [-0.05, 0) is 37.6 Å². The third kappa shape index (κ3) is 3.59. The molecule has 0 saturated carbocycles. The quantitative estimate of drug-likeness (QED) is 0.662. The first-order valence-electron chi connectivity index (χ1n) is 8.78. The maximum Gasteiger partial charge on any atom is 0.241 e. The van der Waals surface area contributed by atoms with Gasteiger partial charge in [-0.25, -0.2) is 0 Å². The molecule has 0 N–H and O–H groups in total. The number of ether oxygens (including phenoxy) is 1. The second kappa shape index (κ2) is 7.47. The first-order valence-corrected chi connectivity index (χ1v) is 9.66. The number of hydrogen-bond acceptors (Lipinski definition) is 7. The van der Waals surface area contributed by atoms with Gasteiger partial charge in [0.1, 0.15) is 11.9 Å². The van der Waals surface area contributed by atoms with Crippen molar-refractivity contribution < 1.29 is 9.26 Å². The van der Waals surface area contributed by atoms with E-state index in [-0.39, 0.29) is 6.10 Å². The molecule has 0 spiro atoms. The molecule has 1 atom stereocenters. The first-order chi connectivity index (χ1) is 12.7. The molecule has 0 amide bonds. The molecule has 2 aromatic heterocycles. The van der Waals surface area contributed by atoms with E-state index in [1.165, 1.54) is 5.69 Å². The zero-order chi connectivity index (χ0) is 17.9. The normalized spacial score (nSPS) is 16.6. The van der Waals surface area contributed by atoms with Crippen LogP contribution >= 0.6 is 11.3 Å². The monoisotopic (exact) mass is 370 g/mol. The maximum atomic E-state index is 6.19. The number of benzene rings is 1. The van der Waals surface area contributed by atoms with Crippen molar-refractivity contribution in [1.29, 1.82) is 0 Å². The van der Waals surface area contributed by atoms with E-state index < -0.39 is 0 Å². The largest absolute Gasteiger partial charge is 0.485 e. The highest BCUT2D eigenvalue weighted by atomic mass is 32.1. The molecule has 1 aliphatic heterocycles. The molecule has 0 bridgehead atoms. The van der Waals surface area contributed by atoms with E-state index in [1.807, 2.05) is 29.6 Å². The topological polar surface area (TPSA) is 54.6 Å². The number of para-hydroxylation sites is 2. The second-order valence-corrected chi connectivity index (χ2v) is 7.38. The van der Waals surface area contributed by atoms with Crippen LogP contribution in [0.3, 0.4) is 0 Å². The SMILES string of the molecule is CCN1CC(CN(C)Cc2nc(-c3cccs3)no2)Oc2ccccc21. The molecule has 26 heavy (non-hydrogen) atoms. The summed E-state index contributed by atoms with van der Waals surface area (Å²) in [6.45, 7) is 5.41. The maximum absolute atomic E-state index is 6.19. The average Bonchev–Trinajstić information content (AvgIpc) is 3.32. The van der Waals surface area contributed by atoms with Crippen molar-refractivity contribution >= 4 is 17.0 Å². The first kappa shape index (κ1) is 17.1. The summed E-state index contributed by atoms with van der Waals surface area (Å²) in [5.41, 5.74) is 1.17. The summed E-state index contributed by atoms with van der Waals surface area (Å²) in [5, 5.41) is 6.08. The Hall–Kier alpha value is -2.38. The molecule has 1 aromatic carbocycles. The fraction of sp³-hybridized carbons (Fsp3) is 0.368. The number of likely N-dealkylation sites (N-methyl/N-ethyl adjacent to an activating group) is 2. The molecule has 0 fully saturated rings. The van der Waals surface area contributed by atoms with Gasteiger partial charge in [0.15, 0.2) is 0 Å². The zero-order valence-electron chi connectivity index (χ0n) is 15.0. The number of anilines is 1. The minimum atomic E-state index is 0.106. The van der Waals surface area contributed by atoms with Crippen LogP contribution in [0.25, 0.3) is 10.7 Å². The van der Waals surface area contributed by atoms with Crippen LogP contribution in [-0.4, -0.2) is 47.8 Å². The molecule has 7 heteroatoms. The average molecular weight is 370 g/mol. The molecule has 0 aliphatic carbocycles. The Morgan fingerprint density at radius 2 is 2.15 bits per heavy atom. The summed E-state index contributed by atoms with van der Waals surface area (Å²) in [4.78, 5) is 10.0. The lowest BCUT2D eigenvalue weighted by Crippen LogP contribution is -2.45. The van der Waals surface area contributed by atoms with Gasteiger partial charge < -0.3 is 14.2 Å². The molecule has 0 radical (unpaired) electrons. The summed E-state index contributed by atoms with van der Waals surface area (Å²) in [7, 11) is 2.05. The van der Waals surface area contributed by atoms with E-state index in [1.54, 1.807) is 11.3 Å². The summed E-state index contributed by atoms with van der Waals surface area (Å²) >= 11 is 1.61. The molecule has 4 rings (SSSR count). The van der Waals surface area contributed by atoms with Crippen molar-refractivity contribution in [2.75, 3.05) is 31.6 Å². The van der Waals surface area contributed by atoms with Gasteiger partial charge in [0.2, 0.25) is 11.7 Å². The van der Waals surface area contributed by atoms with Crippen LogP contribution in [0.4, 0.5) is 5.69 Å². The lowest BCUT2D eigenvalue weighted by atomic mass is 10.2. The van der Waals surface area contributed by atoms with Gasteiger partial charge in [-0.15, -0.1) is 11.3 Å². The van der Waals surface area contributed by atoms with Crippen molar-refractivity contribution in [3.05, 3.63) is 47.7 Å². The Labute approximate surface area is 157 Å². The molecule has 3 aromatic rings. The number of thiophene rings is 1. The summed E-state index contributed by atoms with van der Waals surface area (Å²) in [5.74, 6) is 2.24. The number of nitrogens with zero attached hydrogens (tertiary/aromatic N) is 4. The van der Waals surface area contributed by atoms with Crippen LogP contribution in [-0.2, 0) is 6.54 Å². The van der Waals surface area contributed by atoms with Gasteiger partial charge in [0, 0.05) is 13.1 Å². The fourth-order valence-electron chi connectivity index (χ4n) is 3.24. The summed E-state index contributed by atoms with van der Waals surface area (Å²) in [6.07, 6.45) is 0.106. The van der Waals surface area contributed by atoms with E-state index >= 15 is 0 Å². The zero-order valence-corrected chi connectivity index (χ0v) is 15.8. The summed E-state index contributed by atoms with van der Waals surface area (Å²) < 4.78 is 11.6. The smallest absolute Gasteiger partial charge is 0.241 e. The fourth-order valence-corrected chi connectivity index (χ4v) is 3.89. The molecule has 1 unspecified atom stereocenters. The number of fused-ring (bicyclic) bond motifs is 1. The Morgan fingerprint density at radius 1 is 1.27 bits per heavy atom. The standard InChI is InChI=1S/C19H22N4O2S/c1-3-23-12-14(24-16-8-5-4-7-15(16)23)11-22(2)13-18-20-19(21-25-18)17-9-6-10-26-17/h4-10,14H,3,11-13H2,1-2H3. The molecule has 136 valence electrons. The van der Waals surface area contributed by atoms with Crippen molar-refractivity contribution in [3.8, 4) is 16.5 Å². The van der Waals surface area contributed by atoms with Crippen LogP contribution in [0, 0.1) is 0 Å².